The SMILES string of the molecule is Clc1ccc(Cn2nccc2-c2ccc3nnn(-c4ccc5cn[nH]c5c4)c3c2)nc1. The summed E-state index contributed by atoms with van der Waals surface area (Å²) in [6, 6.07) is 17.8. The number of fused-ring (bicyclic) bond motifs is 2. The van der Waals surface area contributed by atoms with Gasteiger partial charge >= 0.3 is 0 Å². The Morgan fingerprint density at radius 3 is 2.84 bits per heavy atom. The smallest absolute Gasteiger partial charge is 0.113 e. The van der Waals surface area contributed by atoms with Gasteiger partial charge in [-0.1, -0.05) is 22.9 Å². The van der Waals surface area contributed by atoms with Crippen LogP contribution in [-0.4, -0.2) is 40.0 Å². The first-order valence-electron chi connectivity index (χ1n) is 9.66. The third kappa shape index (κ3) is 3.13. The first-order chi connectivity index (χ1) is 15.2. The van der Waals surface area contributed by atoms with Crippen LogP contribution in [0.2, 0.25) is 5.02 Å². The highest BCUT2D eigenvalue weighted by Gasteiger charge is 2.12. The van der Waals surface area contributed by atoms with E-state index in [4.69, 9.17) is 11.6 Å². The van der Waals surface area contributed by atoms with Crippen LogP contribution in [0.25, 0.3) is 38.9 Å². The van der Waals surface area contributed by atoms with Gasteiger partial charge in [0, 0.05) is 23.3 Å². The molecule has 0 saturated carbocycles. The second-order valence-corrected chi connectivity index (χ2v) is 7.62. The maximum atomic E-state index is 5.95. The number of pyridine rings is 1. The zero-order valence-electron chi connectivity index (χ0n) is 16.1. The zero-order chi connectivity index (χ0) is 20.8. The van der Waals surface area contributed by atoms with Crippen molar-refractivity contribution in [3.63, 3.8) is 0 Å². The number of aromatic nitrogens is 8. The van der Waals surface area contributed by atoms with Crippen LogP contribution in [0.15, 0.2) is 73.2 Å². The quantitative estimate of drug-likeness (QED) is 0.455. The highest BCUT2D eigenvalue weighted by atomic mass is 35.5. The van der Waals surface area contributed by atoms with E-state index in [1.165, 1.54) is 0 Å². The van der Waals surface area contributed by atoms with Crippen LogP contribution in [0.1, 0.15) is 5.69 Å². The molecule has 0 amide bonds. The van der Waals surface area contributed by atoms with Gasteiger partial charge in [-0.05, 0) is 48.5 Å². The number of benzene rings is 2. The summed E-state index contributed by atoms with van der Waals surface area (Å²) < 4.78 is 3.75. The molecule has 1 N–H and O–H groups in total. The number of rotatable bonds is 4. The van der Waals surface area contributed by atoms with Gasteiger partial charge in [0.05, 0.1) is 45.9 Å². The molecule has 4 aromatic heterocycles. The Kier molecular flexibility index (Phi) is 4.03. The van der Waals surface area contributed by atoms with Gasteiger partial charge in [0.1, 0.15) is 5.52 Å². The molecule has 0 saturated heterocycles. The molecule has 8 nitrogen and oxygen atoms in total. The maximum absolute atomic E-state index is 5.95. The number of nitrogens with one attached hydrogen (secondary N) is 1. The van der Waals surface area contributed by atoms with E-state index in [9.17, 15) is 0 Å². The molecule has 31 heavy (non-hydrogen) atoms. The summed E-state index contributed by atoms with van der Waals surface area (Å²) in [5, 5.41) is 21.9. The minimum absolute atomic E-state index is 0.547. The molecule has 0 aliphatic heterocycles. The molecule has 6 rings (SSSR count). The van der Waals surface area contributed by atoms with Crippen molar-refractivity contribution in [2.24, 2.45) is 0 Å². The number of hydrogen-bond acceptors (Lipinski definition) is 5. The van der Waals surface area contributed by atoms with E-state index in [2.05, 4.69) is 36.7 Å². The lowest BCUT2D eigenvalue weighted by molar-refractivity contribution is 0.680. The Hall–Kier alpha value is -4.04. The molecule has 9 heteroatoms. The standard InChI is InChI=1S/C22H15ClN8/c23-16-3-4-17(24-12-16)13-30-21(7-8-26-30)14-2-6-19-22(9-14)31(29-28-19)18-5-1-15-11-25-27-20(15)10-18/h1-12H,13H2,(H,25,27). The van der Waals surface area contributed by atoms with Gasteiger partial charge in [0.25, 0.3) is 0 Å². The number of hydrogen-bond donors (Lipinski definition) is 1. The average Bonchev–Trinajstić information content (AvgIpc) is 3.53. The highest BCUT2D eigenvalue weighted by molar-refractivity contribution is 6.30. The summed E-state index contributed by atoms with van der Waals surface area (Å²) in [5.41, 5.74) is 6.48. The summed E-state index contributed by atoms with van der Waals surface area (Å²) in [5.74, 6) is 0. The molecule has 0 atom stereocenters. The molecule has 4 heterocycles. The van der Waals surface area contributed by atoms with E-state index in [0.717, 1.165) is 44.6 Å². The average molecular weight is 427 g/mol. The van der Waals surface area contributed by atoms with Gasteiger partial charge in [-0.15, -0.1) is 5.10 Å². The second kappa shape index (κ2) is 7.03. The number of nitrogens with zero attached hydrogens (tertiary/aromatic N) is 7. The molecule has 0 bridgehead atoms. The van der Waals surface area contributed by atoms with Crippen molar-refractivity contribution >= 4 is 33.5 Å². The van der Waals surface area contributed by atoms with Crippen molar-refractivity contribution in [2.45, 2.75) is 6.54 Å². The van der Waals surface area contributed by atoms with E-state index in [0.29, 0.717) is 11.6 Å². The van der Waals surface area contributed by atoms with Gasteiger partial charge in [-0.25, -0.2) is 4.68 Å². The van der Waals surface area contributed by atoms with E-state index in [-0.39, 0.29) is 0 Å². The van der Waals surface area contributed by atoms with Crippen molar-refractivity contribution in [2.75, 3.05) is 0 Å². The third-order valence-electron chi connectivity index (χ3n) is 5.23. The molecule has 0 aliphatic rings. The fraction of sp³-hybridized carbons (Fsp3) is 0.0455. The van der Waals surface area contributed by atoms with E-state index >= 15 is 0 Å². The number of aromatic amines is 1. The van der Waals surface area contributed by atoms with Crippen LogP contribution in [-0.2, 0) is 6.54 Å². The molecule has 0 spiro atoms. The normalized spacial score (nSPS) is 11.5. The summed E-state index contributed by atoms with van der Waals surface area (Å²) in [6.45, 7) is 0.547. The molecule has 0 unspecified atom stereocenters. The van der Waals surface area contributed by atoms with Crippen LogP contribution in [0, 0.1) is 0 Å². The van der Waals surface area contributed by atoms with Crippen LogP contribution < -0.4 is 0 Å². The fourth-order valence-electron chi connectivity index (χ4n) is 3.68. The van der Waals surface area contributed by atoms with Gasteiger partial charge in [-0.3, -0.25) is 14.8 Å². The van der Waals surface area contributed by atoms with E-state index in [1.807, 2.05) is 57.9 Å². The Morgan fingerprint density at radius 1 is 0.968 bits per heavy atom. The summed E-state index contributed by atoms with van der Waals surface area (Å²) in [4.78, 5) is 4.38. The minimum atomic E-state index is 0.547. The largest absolute Gasteiger partial charge is 0.278 e. The monoisotopic (exact) mass is 426 g/mol. The second-order valence-electron chi connectivity index (χ2n) is 7.19. The Labute approximate surface area is 181 Å². The molecule has 0 radical (unpaired) electrons. The highest BCUT2D eigenvalue weighted by Crippen LogP contribution is 2.26. The van der Waals surface area contributed by atoms with Gasteiger partial charge in [0.2, 0.25) is 0 Å². The first kappa shape index (κ1) is 17.8. The zero-order valence-corrected chi connectivity index (χ0v) is 16.9. The molecule has 6 aromatic rings. The van der Waals surface area contributed by atoms with E-state index < -0.39 is 0 Å². The van der Waals surface area contributed by atoms with Crippen molar-refractivity contribution in [1.29, 1.82) is 0 Å². The van der Waals surface area contributed by atoms with Crippen molar-refractivity contribution in [3.05, 3.63) is 83.9 Å². The first-order valence-corrected chi connectivity index (χ1v) is 10.0. The summed E-state index contributed by atoms with van der Waals surface area (Å²) >= 11 is 5.95. The van der Waals surface area contributed by atoms with Crippen LogP contribution in [0.3, 0.4) is 0 Å². The molecular weight excluding hydrogens is 412 g/mol. The predicted molar refractivity (Wildman–Crippen MR) is 118 cm³/mol. The van der Waals surface area contributed by atoms with Crippen LogP contribution in [0.5, 0.6) is 0 Å². The molecular formula is C22H15ClN8. The van der Waals surface area contributed by atoms with E-state index in [1.54, 1.807) is 18.6 Å². The molecule has 2 aromatic carbocycles. The van der Waals surface area contributed by atoms with Crippen molar-refractivity contribution in [3.8, 4) is 16.9 Å². The van der Waals surface area contributed by atoms with Crippen molar-refractivity contribution in [1.82, 2.24) is 40.0 Å². The van der Waals surface area contributed by atoms with Gasteiger partial charge < -0.3 is 0 Å². The molecule has 0 fully saturated rings. The molecule has 150 valence electrons. The van der Waals surface area contributed by atoms with Crippen molar-refractivity contribution < 1.29 is 0 Å². The lowest BCUT2D eigenvalue weighted by atomic mass is 10.1. The summed E-state index contributed by atoms with van der Waals surface area (Å²) in [6.07, 6.45) is 5.23. The Bertz CT molecular complexity index is 1530. The topological polar surface area (TPSA) is 90.1 Å². The number of H-pyrrole nitrogens is 1. The Morgan fingerprint density at radius 2 is 1.94 bits per heavy atom. The fourth-order valence-corrected chi connectivity index (χ4v) is 3.79. The lowest BCUT2D eigenvalue weighted by Gasteiger charge is -2.08. The Balaban J connectivity index is 1.41. The minimum Gasteiger partial charge on any atom is -0.278 e. The van der Waals surface area contributed by atoms with Crippen LogP contribution in [0.4, 0.5) is 0 Å². The molecule has 0 aliphatic carbocycles. The number of halogens is 1. The third-order valence-corrected chi connectivity index (χ3v) is 5.45. The summed E-state index contributed by atoms with van der Waals surface area (Å²) in [7, 11) is 0. The van der Waals surface area contributed by atoms with Gasteiger partial charge in [0.15, 0.2) is 0 Å². The predicted octanol–water partition coefficient (Wildman–Crippen LogP) is 4.26. The maximum Gasteiger partial charge on any atom is 0.113 e. The van der Waals surface area contributed by atoms with Gasteiger partial charge in [-0.2, -0.15) is 10.2 Å². The van der Waals surface area contributed by atoms with Crippen LogP contribution >= 0.6 is 11.6 Å². The lowest BCUT2D eigenvalue weighted by Crippen LogP contribution is -2.05.